The standard InChI is InChI=1S/C17H27N5O.HI/c1-3-18-17(20-11-7-13-23-2)19-10-6-12-22-14-21-15-8-4-5-9-16(15)22;/h4-5,8-9,14H,3,6-7,10-13H2,1-2H3,(H2,18,19,20);1H. The maximum Gasteiger partial charge on any atom is 0.191 e. The summed E-state index contributed by atoms with van der Waals surface area (Å²) in [5.41, 5.74) is 2.23. The van der Waals surface area contributed by atoms with Crippen LogP contribution in [-0.2, 0) is 11.3 Å². The highest BCUT2D eigenvalue weighted by atomic mass is 127. The third-order valence-electron chi connectivity index (χ3n) is 3.52. The molecular weight excluding hydrogens is 417 g/mol. The summed E-state index contributed by atoms with van der Waals surface area (Å²) in [4.78, 5) is 9.02. The van der Waals surface area contributed by atoms with E-state index in [1.54, 1.807) is 7.11 Å². The number of rotatable bonds is 9. The lowest BCUT2D eigenvalue weighted by atomic mass is 10.3. The largest absolute Gasteiger partial charge is 0.385 e. The molecule has 134 valence electrons. The molecule has 2 N–H and O–H groups in total. The molecule has 0 fully saturated rings. The van der Waals surface area contributed by atoms with Crippen molar-refractivity contribution in [1.29, 1.82) is 0 Å². The van der Waals surface area contributed by atoms with Gasteiger partial charge in [0.25, 0.3) is 0 Å². The van der Waals surface area contributed by atoms with Gasteiger partial charge >= 0.3 is 0 Å². The van der Waals surface area contributed by atoms with Crippen LogP contribution >= 0.6 is 24.0 Å². The topological polar surface area (TPSA) is 63.5 Å². The van der Waals surface area contributed by atoms with Crippen molar-refractivity contribution in [2.75, 3.05) is 33.4 Å². The number of ether oxygens (including phenoxy) is 1. The van der Waals surface area contributed by atoms with Gasteiger partial charge in [-0.1, -0.05) is 12.1 Å². The molecule has 0 aliphatic heterocycles. The van der Waals surface area contributed by atoms with Gasteiger partial charge in [-0.25, -0.2) is 4.98 Å². The van der Waals surface area contributed by atoms with Crippen molar-refractivity contribution in [2.24, 2.45) is 4.99 Å². The molecule has 0 unspecified atom stereocenters. The number of benzene rings is 1. The van der Waals surface area contributed by atoms with Crippen LogP contribution in [0, 0.1) is 0 Å². The predicted octanol–water partition coefficient (Wildman–Crippen LogP) is 2.64. The Labute approximate surface area is 161 Å². The first-order valence-electron chi connectivity index (χ1n) is 8.26. The van der Waals surface area contributed by atoms with E-state index < -0.39 is 0 Å². The fraction of sp³-hybridized carbons (Fsp3) is 0.529. The summed E-state index contributed by atoms with van der Waals surface area (Å²) in [6, 6.07) is 8.21. The molecule has 1 aromatic carbocycles. The maximum absolute atomic E-state index is 5.05. The molecule has 0 aliphatic carbocycles. The van der Waals surface area contributed by atoms with Gasteiger partial charge in [0.05, 0.1) is 17.4 Å². The van der Waals surface area contributed by atoms with E-state index in [1.807, 2.05) is 24.5 Å². The number of aryl methyl sites for hydroxylation is 1. The molecule has 7 heteroatoms. The Kier molecular flexibility index (Phi) is 10.4. The van der Waals surface area contributed by atoms with Crippen LogP contribution in [0.4, 0.5) is 0 Å². The second kappa shape index (κ2) is 12.1. The van der Waals surface area contributed by atoms with Gasteiger partial charge in [0.1, 0.15) is 0 Å². The Morgan fingerprint density at radius 2 is 2.08 bits per heavy atom. The highest BCUT2D eigenvalue weighted by molar-refractivity contribution is 14.0. The fourth-order valence-electron chi connectivity index (χ4n) is 2.39. The van der Waals surface area contributed by atoms with E-state index in [-0.39, 0.29) is 24.0 Å². The molecule has 0 bridgehead atoms. The number of aliphatic imine (C=N–C) groups is 1. The zero-order valence-corrected chi connectivity index (χ0v) is 16.8. The van der Waals surface area contributed by atoms with E-state index in [9.17, 15) is 0 Å². The molecule has 24 heavy (non-hydrogen) atoms. The Morgan fingerprint density at radius 3 is 2.88 bits per heavy atom. The molecule has 2 rings (SSSR count). The Bertz CT molecular complexity index is 614. The molecule has 6 nitrogen and oxygen atoms in total. The van der Waals surface area contributed by atoms with Crippen LogP contribution in [0.25, 0.3) is 11.0 Å². The van der Waals surface area contributed by atoms with E-state index in [0.29, 0.717) is 0 Å². The number of fused-ring (bicyclic) bond motifs is 1. The summed E-state index contributed by atoms with van der Waals surface area (Å²) >= 11 is 0. The van der Waals surface area contributed by atoms with Gasteiger partial charge in [-0.05, 0) is 31.9 Å². The molecule has 0 spiro atoms. The number of hydrogen-bond acceptors (Lipinski definition) is 3. The van der Waals surface area contributed by atoms with Crippen LogP contribution in [0.2, 0.25) is 0 Å². The van der Waals surface area contributed by atoms with Crippen LogP contribution in [0.3, 0.4) is 0 Å². The number of hydrogen-bond donors (Lipinski definition) is 2. The predicted molar refractivity (Wildman–Crippen MR) is 110 cm³/mol. The lowest BCUT2D eigenvalue weighted by Gasteiger charge is -2.11. The Balaban J connectivity index is 0.00000288. The number of halogens is 1. The van der Waals surface area contributed by atoms with E-state index in [1.165, 1.54) is 5.52 Å². The number of nitrogens with zero attached hydrogens (tertiary/aromatic N) is 3. The van der Waals surface area contributed by atoms with Crippen molar-refractivity contribution in [2.45, 2.75) is 26.3 Å². The van der Waals surface area contributed by atoms with Crippen LogP contribution in [0.15, 0.2) is 35.6 Å². The van der Waals surface area contributed by atoms with Gasteiger partial charge in [-0.3, -0.25) is 4.99 Å². The minimum absolute atomic E-state index is 0. The number of aromatic nitrogens is 2. The number of imidazole rings is 1. The monoisotopic (exact) mass is 445 g/mol. The van der Waals surface area contributed by atoms with E-state index >= 15 is 0 Å². The van der Waals surface area contributed by atoms with Crippen molar-refractivity contribution >= 4 is 41.0 Å². The second-order valence-electron chi connectivity index (χ2n) is 5.31. The highest BCUT2D eigenvalue weighted by Crippen LogP contribution is 2.11. The molecule has 0 saturated heterocycles. The Hall–Kier alpha value is -1.35. The van der Waals surface area contributed by atoms with Gasteiger partial charge in [-0.2, -0.15) is 0 Å². The average molecular weight is 445 g/mol. The molecule has 0 atom stereocenters. The van der Waals surface area contributed by atoms with Crippen molar-refractivity contribution in [1.82, 2.24) is 20.2 Å². The minimum atomic E-state index is 0. The van der Waals surface area contributed by atoms with Crippen molar-refractivity contribution in [3.05, 3.63) is 30.6 Å². The fourth-order valence-corrected chi connectivity index (χ4v) is 2.39. The van der Waals surface area contributed by atoms with E-state index in [0.717, 1.165) is 57.1 Å². The molecule has 0 amide bonds. The number of guanidine groups is 1. The van der Waals surface area contributed by atoms with Gasteiger partial charge in [-0.15, -0.1) is 24.0 Å². The third kappa shape index (κ3) is 6.64. The highest BCUT2D eigenvalue weighted by Gasteiger charge is 2.01. The first-order chi connectivity index (χ1) is 11.3. The minimum Gasteiger partial charge on any atom is -0.385 e. The summed E-state index contributed by atoms with van der Waals surface area (Å²) in [6.07, 6.45) is 3.86. The SMILES string of the molecule is CCNC(=NCCCn1cnc2ccccc21)NCCCOC.I. The lowest BCUT2D eigenvalue weighted by Crippen LogP contribution is -2.38. The summed E-state index contributed by atoms with van der Waals surface area (Å²) < 4.78 is 7.23. The number of methoxy groups -OCH3 is 1. The lowest BCUT2D eigenvalue weighted by molar-refractivity contribution is 0.195. The first-order valence-corrected chi connectivity index (χ1v) is 8.26. The van der Waals surface area contributed by atoms with Crippen LogP contribution in [0.5, 0.6) is 0 Å². The number of nitrogens with one attached hydrogen (secondary N) is 2. The zero-order valence-electron chi connectivity index (χ0n) is 14.5. The average Bonchev–Trinajstić information content (AvgIpc) is 2.98. The van der Waals surface area contributed by atoms with Crippen molar-refractivity contribution in [3.63, 3.8) is 0 Å². The summed E-state index contributed by atoms with van der Waals surface area (Å²) in [6.45, 7) is 6.28. The molecule has 1 heterocycles. The smallest absolute Gasteiger partial charge is 0.191 e. The molecule has 0 saturated carbocycles. The molecular formula is C17H28IN5O. The second-order valence-corrected chi connectivity index (χ2v) is 5.31. The maximum atomic E-state index is 5.05. The summed E-state index contributed by atoms with van der Waals surface area (Å²) in [7, 11) is 1.72. The van der Waals surface area contributed by atoms with Crippen molar-refractivity contribution < 1.29 is 4.74 Å². The quantitative estimate of drug-likeness (QED) is 0.270. The number of para-hydroxylation sites is 2. The van der Waals surface area contributed by atoms with Gasteiger partial charge in [0.15, 0.2) is 5.96 Å². The van der Waals surface area contributed by atoms with Crippen LogP contribution in [-0.4, -0.2) is 48.9 Å². The summed E-state index contributed by atoms with van der Waals surface area (Å²) in [5, 5.41) is 6.58. The van der Waals surface area contributed by atoms with E-state index in [4.69, 9.17) is 4.74 Å². The third-order valence-corrected chi connectivity index (χ3v) is 3.52. The van der Waals surface area contributed by atoms with Crippen LogP contribution < -0.4 is 10.6 Å². The van der Waals surface area contributed by atoms with Gasteiger partial charge in [0.2, 0.25) is 0 Å². The van der Waals surface area contributed by atoms with Gasteiger partial charge in [0, 0.05) is 39.9 Å². The molecule has 1 aromatic heterocycles. The molecule has 0 aliphatic rings. The first kappa shape index (κ1) is 20.7. The van der Waals surface area contributed by atoms with Crippen molar-refractivity contribution in [3.8, 4) is 0 Å². The zero-order chi connectivity index (χ0) is 16.3. The summed E-state index contributed by atoms with van der Waals surface area (Å²) in [5.74, 6) is 0.874. The molecule has 0 radical (unpaired) electrons. The Morgan fingerprint density at radius 1 is 1.25 bits per heavy atom. The van der Waals surface area contributed by atoms with Crippen LogP contribution in [0.1, 0.15) is 19.8 Å². The molecule has 2 aromatic rings. The van der Waals surface area contributed by atoms with E-state index in [2.05, 4.69) is 38.2 Å². The normalized spacial score (nSPS) is 11.3. The van der Waals surface area contributed by atoms with Gasteiger partial charge < -0.3 is 19.9 Å².